The van der Waals surface area contributed by atoms with Gasteiger partial charge in [-0.25, -0.2) is 0 Å². The zero-order valence-corrected chi connectivity index (χ0v) is 7.32. The molecule has 56 valence electrons. The summed E-state index contributed by atoms with van der Waals surface area (Å²) in [6, 6.07) is 7.41. The van der Waals surface area contributed by atoms with E-state index in [2.05, 4.69) is 26.0 Å². The molecular formula is C7H6BrN3. The highest BCUT2D eigenvalue weighted by atomic mass is 79.9. The second-order valence-corrected chi connectivity index (χ2v) is 2.55. The van der Waals surface area contributed by atoms with Gasteiger partial charge in [-0.1, -0.05) is 45.3 Å². The summed E-state index contributed by atoms with van der Waals surface area (Å²) in [6.07, 6.45) is 0. The number of halogens is 1. The predicted molar refractivity (Wildman–Crippen MR) is 47.9 cm³/mol. The molecule has 0 bridgehead atoms. The molecular weight excluding hydrogens is 206 g/mol. The zero-order chi connectivity index (χ0) is 8.10. The molecule has 0 spiro atoms. The van der Waals surface area contributed by atoms with Gasteiger partial charge in [-0.15, -0.1) is 0 Å². The Bertz CT molecular complexity index is 274. The lowest BCUT2D eigenvalue weighted by atomic mass is 10.2. The van der Waals surface area contributed by atoms with E-state index in [4.69, 9.17) is 5.53 Å². The van der Waals surface area contributed by atoms with E-state index in [-0.39, 0.29) is 0 Å². The Morgan fingerprint density at radius 1 is 1.36 bits per heavy atom. The first-order valence-electron chi connectivity index (χ1n) is 3.07. The number of hydrogen-bond donors (Lipinski definition) is 0. The average Bonchev–Trinajstić information content (AvgIpc) is 2.07. The number of benzene rings is 1. The van der Waals surface area contributed by atoms with Crippen LogP contribution in [0, 0.1) is 0 Å². The standard InChI is InChI=1S/C7H6BrN3/c8-5-6-1-3-7(4-2-6)10-11-9/h1-4H,5H2. The molecule has 1 aromatic rings. The number of nitrogens with zero attached hydrogens (tertiary/aromatic N) is 3. The molecule has 0 aliphatic heterocycles. The average molecular weight is 212 g/mol. The van der Waals surface area contributed by atoms with Crippen molar-refractivity contribution in [1.29, 1.82) is 0 Å². The van der Waals surface area contributed by atoms with Crippen LogP contribution in [0.4, 0.5) is 5.69 Å². The van der Waals surface area contributed by atoms with Gasteiger partial charge in [0.15, 0.2) is 0 Å². The molecule has 0 aromatic heterocycles. The van der Waals surface area contributed by atoms with Crippen molar-refractivity contribution < 1.29 is 0 Å². The van der Waals surface area contributed by atoms with Gasteiger partial charge < -0.3 is 0 Å². The van der Waals surface area contributed by atoms with Crippen LogP contribution in [-0.2, 0) is 5.33 Å². The fraction of sp³-hybridized carbons (Fsp3) is 0.143. The van der Waals surface area contributed by atoms with Crippen molar-refractivity contribution in [3.8, 4) is 0 Å². The van der Waals surface area contributed by atoms with Gasteiger partial charge in [0.05, 0.1) is 0 Å². The summed E-state index contributed by atoms with van der Waals surface area (Å²) in [7, 11) is 0. The van der Waals surface area contributed by atoms with E-state index >= 15 is 0 Å². The summed E-state index contributed by atoms with van der Waals surface area (Å²) in [6.45, 7) is 0. The lowest BCUT2D eigenvalue weighted by Gasteiger charge is -1.93. The molecule has 11 heavy (non-hydrogen) atoms. The SMILES string of the molecule is [N-]=[N+]=Nc1ccc(CBr)cc1. The molecule has 0 N–H and O–H groups in total. The molecule has 0 fully saturated rings. The van der Waals surface area contributed by atoms with Crippen LogP contribution in [0.1, 0.15) is 5.56 Å². The first-order valence-corrected chi connectivity index (χ1v) is 4.19. The molecule has 0 aliphatic rings. The summed E-state index contributed by atoms with van der Waals surface area (Å²) in [4.78, 5) is 2.67. The maximum Gasteiger partial charge on any atom is 0.0375 e. The van der Waals surface area contributed by atoms with Crippen LogP contribution in [0.2, 0.25) is 0 Å². The lowest BCUT2D eigenvalue weighted by molar-refractivity contribution is 1.40. The van der Waals surface area contributed by atoms with Crippen LogP contribution in [0.25, 0.3) is 10.4 Å². The second kappa shape index (κ2) is 4.01. The summed E-state index contributed by atoms with van der Waals surface area (Å²) >= 11 is 3.32. The minimum absolute atomic E-state index is 0.650. The first kappa shape index (κ1) is 8.11. The summed E-state index contributed by atoms with van der Waals surface area (Å²) in [5.74, 6) is 0. The van der Waals surface area contributed by atoms with Gasteiger partial charge >= 0.3 is 0 Å². The summed E-state index contributed by atoms with van der Waals surface area (Å²) in [5.41, 5.74) is 9.91. The number of hydrogen-bond acceptors (Lipinski definition) is 1. The Hall–Kier alpha value is -0.990. The van der Waals surface area contributed by atoms with E-state index in [9.17, 15) is 0 Å². The van der Waals surface area contributed by atoms with Crippen LogP contribution in [0.3, 0.4) is 0 Å². The Balaban J connectivity index is 2.91. The van der Waals surface area contributed by atoms with E-state index in [0.717, 1.165) is 5.33 Å². The molecule has 0 atom stereocenters. The van der Waals surface area contributed by atoms with Gasteiger partial charge in [-0.2, -0.15) is 0 Å². The summed E-state index contributed by atoms with van der Waals surface area (Å²) in [5, 5.41) is 4.27. The van der Waals surface area contributed by atoms with Crippen molar-refractivity contribution in [3.05, 3.63) is 40.3 Å². The highest BCUT2D eigenvalue weighted by Crippen LogP contribution is 2.14. The summed E-state index contributed by atoms with van der Waals surface area (Å²) < 4.78 is 0. The minimum atomic E-state index is 0.650. The Morgan fingerprint density at radius 3 is 2.45 bits per heavy atom. The molecule has 1 aromatic carbocycles. The molecule has 0 unspecified atom stereocenters. The van der Waals surface area contributed by atoms with E-state index in [1.165, 1.54) is 5.56 Å². The highest BCUT2D eigenvalue weighted by molar-refractivity contribution is 9.08. The smallest absolute Gasteiger partial charge is 0.0375 e. The van der Waals surface area contributed by atoms with Gasteiger partial charge in [0.2, 0.25) is 0 Å². The van der Waals surface area contributed by atoms with Crippen LogP contribution >= 0.6 is 15.9 Å². The van der Waals surface area contributed by atoms with E-state index in [1.807, 2.05) is 12.1 Å². The van der Waals surface area contributed by atoms with E-state index in [0.29, 0.717) is 5.69 Å². The Morgan fingerprint density at radius 2 is 2.00 bits per heavy atom. The Labute approximate surface area is 72.8 Å². The van der Waals surface area contributed by atoms with Gasteiger partial charge in [0.1, 0.15) is 0 Å². The van der Waals surface area contributed by atoms with Gasteiger partial charge in [-0.3, -0.25) is 0 Å². The maximum atomic E-state index is 8.10. The third-order valence-electron chi connectivity index (χ3n) is 1.25. The number of rotatable bonds is 2. The molecule has 1 rings (SSSR count). The molecule has 3 nitrogen and oxygen atoms in total. The van der Waals surface area contributed by atoms with Crippen molar-refractivity contribution in [1.82, 2.24) is 0 Å². The fourth-order valence-electron chi connectivity index (χ4n) is 0.703. The molecule has 0 aliphatic carbocycles. The number of azide groups is 1. The fourth-order valence-corrected chi connectivity index (χ4v) is 1.08. The molecule has 0 heterocycles. The first-order chi connectivity index (χ1) is 5.36. The molecule has 0 radical (unpaired) electrons. The van der Waals surface area contributed by atoms with Crippen molar-refractivity contribution in [3.63, 3.8) is 0 Å². The van der Waals surface area contributed by atoms with Crippen molar-refractivity contribution in [2.24, 2.45) is 5.11 Å². The third-order valence-corrected chi connectivity index (χ3v) is 1.90. The molecule has 4 heteroatoms. The predicted octanol–water partition coefficient (Wildman–Crippen LogP) is 3.52. The third kappa shape index (κ3) is 2.26. The quantitative estimate of drug-likeness (QED) is 0.311. The number of alkyl halides is 1. The monoisotopic (exact) mass is 211 g/mol. The van der Waals surface area contributed by atoms with Crippen LogP contribution in [0.15, 0.2) is 29.4 Å². The van der Waals surface area contributed by atoms with Crippen LogP contribution < -0.4 is 0 Å². The van der Waals surface area contributed by atoms with Crippen molar-refractivity contribution in [2.45, 2.75) is 5.33 Å². The highest BCUT2D eigenvalue weighted by Gasteiger charge is 1.88. The van der Waals surface area contributed by atoms with E-state index in [1.54, 1.807) is 12.1 Å². The van der Waals surface area contributed by atoms with Crippen molar-refractivity contribution >= 4 is 21.6 Å². The largest absolute Gasteiger partial charge is 0.0876 e. The topological polar surface area (TPSA) is 48.8 Å². The van der Waals surface area contributed by atoms with Gasteiger partial charge in [0, 0.05) is 15.9 Å². The zero-order valence-electron chi connectivity index (χ0n) is 5.74. The second-order valence-electron chi connectivity index (χ2n) is 1.99. The van der Waals surface area contributed by atoms with Gasteiger partial charge in [0.25, 0.3) is 0 Å². The van der Waals surface area contributed by atoms with Gasteiger partial charge in [-0.05, 0) is 11.1 Å². The van der Waals surface area contributed by atoms with Crippen molar-refractivity contribution in [2.75, 3.05) is 0 Å². The molecule has 0 saturated carbocycles. The van der Waals surface area contributed by atoms with E-state index < -0.39 is 0 Å². The molecule has 0 amide bonds. The normalized spacial score (nSPS) is 8.82. The maximum absolute atomic E-state index is 8.10. The molecule has 0 saturated heterocycles. The Kier molecular flexibility index (Phi) is 2.95. The minimum Gasteiger partial charge on any atom is -0.0876 e. The lowest BCUT2D eigenvalue weighted by Crippen LogP contribution is -1.72. The van der Waals surface area contributed by atoms with Crippen LogP contribution in [0.5, 0.6) is 0 Å². The van der Waals surface area contributed by atoms with Crippen LogP contribution in [-0.4, -0.2) is 0 Å².